The lowest BCUT2D eigenvalue weighted by atomic mass is 9.81. The van der Waals surface area contributed by atoms with Crippen molar-refractivity contribution in [2.75, 3.05) is 27.4 Å². The second-order valence-electron chi connectivity index (χ2n) is 7.61. The number of benzene rings is 2. The highest BCUT2D eigenvalue weighted by Gasteiger charge is 2.55. The van der Waals surface area contributed by atoms with Crippen LogP contribution in [0.15, 0.2) is 48.5 Å². The van der Waals surface area contributed by atoms with E-state index in [0.29, 0.717) is 11.5 Å². The number of hydrogen-bond donors (Lipinski definition) is 0. The molecule has 9 heteroatoms. The minimum absolute atomic E-state index is 0.140. The van der Waals surface area contributed by atoms with Gasteiger partial charge in [0.1, 0.15) is 22.3 Å². The first-order chi connectivity index (χ1) is 14.3. The van der Waals surface area contributed by atoms with Crippen molar-refractivity contribution >= 4 is 0 Å². The van der Waals surface area contributed by atoms with E-state index in [1.807, 2.05) is 0 Å². The Morgan fingerprint density at radius 1 is 0.581 bits per heavy atom. The molecule has 0 N–H and O–H groups in total. The molecule has 0 fully saturated rings. The van der Waals surface area contributed by atoms with E-state index in [-0.39, 0.29) is 11.1 Å². The number of ether oxygens (including phenoxy) is 3. The van der Waals surface area contributed by atoms with Gasteiger partial charge in [0.25, 0.3) is 0 Å². The first-order valence-corrected chi connectivity index (χ1v) is 9.29. The molecule has 0 saturated heterocycles. The molecule has 172 valence electrons. The van der Waals surface area contributed by atoms with Crippen LogP contribution in [-0.4, -0.2) is 39.8 Å². The van der Waals surface area contributed by atoms with E-state index in [4.69, 9.17) is 14.2 Å². The number of hydrogen-bond acceptors (Lipinski definition) is 3. The molecule has 0 saturated carbocycles. The normalized spacial score (nSPS) is 16.3. The molecule has 0 amide bonds. The molecular formula is C22H24F6O3. The average Bonchev–Trinajstić information content (AvgIpc) is 2.72. The molecule has 2 unspecified atom stereocenters. The van der Waals surface area contributed by atoms with E-state index in [0.717, 1.165) is 13.8 Å². The summed E-state index contributed by atoms with van der Waals surface area (Å²) >= 11 is 0. The van der Waals surface area contributed by atoms with Gasteiger partial charge in [-0.1, -0.05) is 24.3 Å². The van der Waals surface area contributed by atoms with Gasteiger partial charge in [-0.05, 0) is 49.2 Å². The summed E-state index contributed by atoms with van der Waals surface area (Å²) < 4.78 is 98.3. The van der Waals surface area contributed by atoms with Crippen molar-refractivity contribution in [1.29, 1.82) is 0 Å². The SMILES string of the molecule is COc1ccc(C(C)(COCC(C)(c2ccc(OC)cc2)C(F)(F)F)C(F)(F)F)cc1. The first-order valence-electron chi connectivity index (χ1n) is 9.29. The Balaban J connectivity index is 2.30. The van der Waals surface area contributed by atoms with Crippen LogP contribution in [0.1, 0.15) is 25.0 Å². The lowest BCUT2D eigenvalue weighted by Crippen LogP contribution is -2.47. The Kier molecular flexibility index (Phi) is 7.20. The predicted molar refractivity (Wildman–Crippen MR) is 104 cm³/mol. The molecule has 31 heavy (non-hydrogen) atoms. The van der Waals surface area contributed by atoms with E-state index in [9.17, 15) is 26.3 Å². The predicted octanol–water partition coefficient (Wildman–Crippen LogP) is 6.06. The number of alkyl halides is 6. The molecule has 0 heterocycles. The van der Waals surface area contributed by atoms with E-state index < -0.39 is 36.4 Å². The van der Waals surface area contributed by atoms with Gasteiger partial charge in [0, 0.05) is 0 Å². The minimum atomic E-state index is -4.75. The van der Waals surface area contributed by atoms with Gasteiger partial charge in [-0.3, -0.25) is 0 Å². The maximum absolute atomic E-state index is 13.9. The third kappa shape index (κ3) is 5.08. The summed E-state index contributed by atoms with van der Waals surface area (Å²) in [6.45, 7) is -0.171. The van der Waals surface area contributed by atoms with Crippen molar-refractivity contribution in [1.82, 2.24) is 0 Å². The highest BCUT2D eigenvalue weighted by molar-refractivity contribution is 5.35. The largest absolute Gasteiger partial charge is 0.497 e. The van der Waals surface area contributed by atoms with Crippen LogP contribution in [0.4, 0.5) is 26.3 Å². The molecule has 0 aliphatic heterocycles. The molecule has 0 aliphatic rings. The van der Waals surface area contributed by atoms with Crippen LogP contribution in [-0.2, 0) is 15.6 Å². The smallest absolute Gasteiger partial charge is 0.400 e. The highest BCUT2D eigenvalue weighted by atomic mass is 19.4. The Morgan fingerprint density at radius 3 is 1.10 bits per heavy atom. The van der Waals surface area contributed by atoms with Crippen LogP contribution in [0.2, 0.25) is 0 Å². The third-order valence-electron chi connectivity index (χ3n) is 5.49. The first kappa shape index (κ1) is 24.8. The molecule has 0 radical (unpaired) electrons. The van der Waals surface area contributed by atoms with Gasteiger partial charge in [0.2, 0.25) is 0 Å². The Labute approximate surface area is 176 Å². The fraction of sp³-hybridized carbons (Fsp3) is 0.455. The third-order valence-corrected chi connectivity index (χ3v) is 5.49. The fourth-order valence-electron chi connectivity index (χ4n) is 3.03. The summed E-state index contributed by atoms with van der Waals surface area (Å²) in [7, 11) is 2.75. The lowest BCUT2D eigenvalue weighted by molar-refractivity contribution is -0.219. The standard InChI is InChI=1S/C22H24F6O3/c1-19(21(23,24)25,15-5-9-17(29-3)10-6-15)13-31-14-20(2,22(26,27)28)16-7-11-18(30-4)12-8-16/h5-12H,13-14H2,1-4H3. The molecule has 2 rings (SSSR count). The molecule has 0 spiro atoms. The van der Waals surface area contributed by atoms with Gasteiger partial charge >= 0.3 is 12.4 Å². The van der Waals surface area contributed by atoms with Crippen LogP contribution in [0.5, 0.6) is 11.5 Å². The zero-order chi connectivity index (χ0) is 23.5. The van der Waals surface area contributed by atoms with Crippen molar-refractivity contribution in [2.24, 2.45) is 0 Å². The summed E-state index contributed by atoms with van der Waals surface area (Å²) in [5.74, 6) is 0.719. The molecule has 0 aromatic heterocycles. The molecule has 2 aromatic rings. The number of halogens is 6. The van der Waals surface area contributed by atoms with Gasteiger partial charge in [-0.15, -0.1) is 0 Å². The second kappa shape index (κ2) is 8.98. The van der Waals surface area contributed by atoms with E-state index in [1.54, 1.807) is 0 Å². The van der Waals surface area contributed by atoms with E-state index in [2.05, 4.69) is 0 Å². The van der Waals surface area contributed by atoms with Crippen LogP contribution >= 0.6 is 0 Å². The molecule has 2 aromatic carbocycles. The van der Waals surface area contributed by atoms with E-state index in [1.165, 1.54) is 62.8 Å². The Morgan fingerprint density at radius 2 is 0.871 bits per heavy atom. The summed E-state index contributed by atoms with van der Waals surface area (Å²) in [6, 6.07) is 10.3. The maximum Gasteiger partial charge on any atom is 0.400 e. The fourth-order valence-corrected chi connectivity index (χ4v) is 3.03. The monoisotopic (exact) mass is 450 g/mol. The van der Waals surface area contributed by atoms with Crippen LogP contribution < -0.4 is 9.47 Å². The van der Waals surface area contributed by atoms with Crippen molar-refractivity contribution in [3.63, 3.8) is 0 Å². The maximum atomic E-state index is 13.9. The number of rotatable bonds is 8. The van der Waals surface area contributed by atoms with Crippen molar-refractivity contribution in [3.05, 3.63) is 59.7 Å². The average molecular weight is 450 g/mol. The van der Waals surface area contributed by atoms with Crippen LogP contribution in [0.25, 0.3) is 0 Å². The summed E-state index contributed by atoms with van der Waals surface area (Å²) in [5, 5.41) is 0. The minimum Gasteiger partial charge on any atom is -0.497 e. The summed E-state index contributed by atoms with van der Waals surface area (Å²) in [4.78, 5) is 0. The van der Waals surface area contributed by atoms with Gasteiger partial charge in [-0.2, -0.15) is 26.3 Å². The molecule has 0 aliphatic carbocycles. The number of methoxy groups -OCH3 is 2. The van der Waals surface area contributed by atoms with Gasteiger partial charge in [-0.25, -0.2) is 0 Å². The lowest BCUT2D eigenvalue weighted by Gasteiger charge is -2.36. The Bertz CT molecular complexity index is 774. The molecular weight excluding hydrogens is 426 g/mol. The van der Waals surface area contributed by atoms with Crippen molar-refractivity contribution in [2.45, 2.75) is 37.0 Å². The Hall–Kier alpha value is -2.42. The second-order valence-corrected chi connectivity index (χ2v) is 7.61. The topological polar surface area (TPSA) is 27.7 Å². The summed E-state index contributed by atoms with van der Waals surface area (Å²) in [6.07, 6.45) is -9.51. The van der Waals surface area contributed by atoms with Crippen molar-refractivity contribution < 1.29 is 40.6 Å². The molecule has 2 atom stereocenters. The molecule has 3 nitrogen and oxygen atoms in total. The zero-order valence-corrected chi connectivity index (χ0v) is 17.5. The van der Waals surface area contributed by atoms with Crippen LogP contribution in [0, 0.1) is 0 Å². The van der Waals surface area contributed by atoms with E-state index >= 15 is 0 Å². The quantitative estimate of drug-likeness (QED) is 0.458. The highest BCUT2D eigenvalue weighted by Crippen LogP contribution is 2.44. The van der Waals surface area contributed by atoms with Gasteiger partial charge in [0.05, 0.1) is 27.4 Å². The van der Waals surface area contributed by atoms with Gasteiger partial charge in [0.15, 0.2) is 0 Å². The molecule has 0 bridgehead atoms. The summed E-state index contributed by atoms with van der Waals surface area (Å²) in [5.41, 5.74) is -5.30. The zero-order valence-electron chi connectivity index (χ0n) is 17.5. The van der Waals surface area contributed by atoms with Crippen molar-refractivity contribution in [3.8, 4) is 11.5 Å². The van der Waals surface area contributed by atoms with Gasteiger partial charge < -0.3 is 14.2 Å². The van der Waals surface area contributed by atoms with Crippen LogP contribution in [0.3, 0.4) is 0 Å².